The van der Waals surface area contributed by atoms with Crippen LogP contribution < -0.4 is 5.32 Å². The predicted octanol–water partition coefficient (Wildman–Crippen LogP) is 3.46. The third-order valence-corrected chi connectivity index (χ3v) is 4.76. The van der Waals surface area contributed by atoms with Crippen molar-refractivity contribution < 1.29 is 18.9 Å². The lowest BCUT2D eigenvalue weighted by Crippen LogP contribution is -2.40. The molecule has 1 fully saturated rings. The number of carbonyl (C=O) groups is 2. The monoisotopic (exact) mass is 421 g/mol. The zero-order valence-corrected chi connectivity index (χ0v) is 15.1. The van der Waals surface area contributed by atoms with Gasteiger partial charge in [0, 0.05) is 22.2 Å². The summed E-state index contributed by atoms with van der Waals surface area (Å²) in [5.74, 6) is -1.09. The highest BCUT2D eigenvalue weighted by Gasteiger charge is 2.49. The molecule has 2 aromatic carbocycles. The van der Waals surface area contributed by atoms with Crippen molar-refractivity contribution in [1.82, 2.24) is 10.2 Å². The van der Waals surface area contributed by atoms with E-state index in [1.807, 2.05) is 0 Å². The summed E-state index contributed by atoms with van der Waals surface area (Å²) in [6.07, 6.45) is 0. The number of nitro groups is 1. The number of hydrogen-bond donors (Lipinski definition) is 1. The zero-order valence-electron chi connectivity index (χ0n) is 13.5. The normalized spacial score (nSPS) is 19.6. The molecule has 0 aliphatic carbocycles. The maximum Gasteiger partial charge on any atom is 0.325 e. The Hall–Kier alpha value is -2.81. The van der Waals surface area contributed by atoms with E-state index in [0.717, 1.165) is 4.90 Å². The average Bonchev–Trinajstić information content (AvgIpc) is 2.82. The Morgan fingerprint density at radius 3 is 2.50 bits per heavy atom. The Morgan fingerprint density at radius 2 is 1.88 bits per heavy atom. The minimum atomic E-state index is -1.38. The Labute approximate surface area is 156 Å². The Bertz CT molecular complexity index is 919. The number of halogens is 2. The molecule has 7 nitrogen and oxygen atoms in total. The Kier molecular flexibility index (Phi) is 4.49. The van der Waals surface area contributed by atoms with Crippen LogP contribution in [0.15, 0.2) is 46.9 Å². The SMILES string of the molecule is CC1(c2ccc([N+](=O)[O-])cc2)NC(=O)N(Cc2cc(Br)ccc2F)C1=O. The molecule has 1 atom stereocenters. The van der Waals surface area contributed by atoms with Crippen LogP contribution in [-0.2, 0) is 16.9 Å². The lowest BCUT2D eigenvalue weighted by molar-refractivity contribution is -0.384. The first-order valence-electron chi connectivity index (χ1n) is 7.55. The van der Waals surface area contributed by atoms with Crippen LogP contribution in [0.25, 0.3) is 0 Å². The number of urea groups is 1. The lowest BCUT2D eigenvalue weighted by Gasteiger charge is -2.22. The van der Waals surface area contributed by atoms with Gasteiger partial charge in [0.25, 0.3) is 11.6 Å². The summed E-state index contributed by atoms with van der Waals surface area (Å²) < 4.78 is 14.6. The van der Waals surface area contributed by atoms with E-state index in [1.165, 1.54) is 49.4 Å². The van der Waals surface area contributed by atoms with Gasteiger partial charge in [0.05, 0.1) is 11.5 Å². The van der Waals surface area contributed by atoms with Crippen LogP contribution in [0.3, 0.4) is 0 Å². The van der Waals surface area contributed by atoms with Crippen molar-refractivity contribution in [3.63, 3.8) is 0 Å². The van der Waals surface area contributed by atoms with E-state index < -0.39 is 28.2 Å². The average molecular weight is 422 g/mol. The van der Waals surface area contributed by atoms with E-state index in [9.17, 15) is 24.1 Å². The molecule has 0 bridgehead atoms. The summed E-state index contributed by atoms with van der Waals surface area (Å²) in [7, 11) is 0. The molecule has 1 N–H and O–H groups in total. The van der Waals surface area contributed by atoms with Crippen LogP contribution in [-0.4, -0.2) is 21.8 Å². The van der Waals surface area contributed by atoms with Crippen molar-refractivity contribution in [1.29, 1.82) is 0 Å². The number of nitro benzene ring substituents is 1. The summed E-state index contributed by atoms with van der Waals surface area (Å²) in [6, 6.07) is 8.96. The molecule has 3 rings (SSSR count). The minimum absolute atomic E-state index is 0.123. The van der Waals surface area contributed by atoms with Crippen molar-refractivity contribution >= 4 is 33.6 Å². The number of rotatable bonds is 4. The molecule has 1 saturated heterocycles. The van der Waals surface area contributed by atoms with E-state index >= 15 is 0 Å². The number of nitrogens with one attached hydrogen (secondary N) is 1. The highest BCUT2D eigenvalue weighted by atomic mass is 79.9. The Balaban J connectivity index is 1.90. The molecule has 134 valence electrons. The van der Waals surface area contributed by atoms with Crippen molar-refractivity contribution in [3.05, 3.63) is 74.0 Å². The number of nitrogens with zero attached hydrogens (tertiary/aromatic N) is 2. The fourth-order valence-corrected chi connectivity index (χ4v) is 3.20. The molecule has 0 spiro atoms. The van der Waals surface area contributed by atoms with Gasteiger partial charge < -0.3 is 5.32 Å². The fourth-order valence-electron chi connectivity index (χ4n) is 2.79. The fraction of sp³-hybridized carbons (Fsp3) is 0.176. The predicted molar refractivity (Wildman–Crippen MR) is 93.6 cm³/mol. The number of non-ortho nitro benzene ring substituents is 1. The number of amides is 3. The molecule has 1 aliphatic heterocycles. The maximum atomic E-state index is 14.0. The lowest BCUT2D eigenvalue weighted by atomic mass is 9.92. The first-order chi connectivity index (χ1) is 12.2. The van der Waals surface area contributed by atoms with Crippen molar-refractivity contribution in [2.75, 3.05) is 0 Å². The Morgan fingerprint density at radius 1 is 1.23 bits per heavy atom. The molecule has 2 aromatic rings. The van der Waals surface area contributed by atoms with Gasteiger partial charge in [-0.1, -0.05) is 15.9 Å². The number of benzene rings is 2. The molecule has 1 unspecified atom stereocenters. The van der Waals surface area contributed by atoms with Gasteiger partial charge in [-0.2, -0.15) is 0 Å². The molecule has 26 heavy (non-hydrogen) atoms. The van der Waals surface area contributed by atoms with Crippen molar-refractivity contribution in [2.45, 2.75) is 19.0 Å². The van der Waals surface area contributed by atoms with Gasteiger partial charge in [-0.3, -0.25) is 19.8 Å². The second-order valence-electron chi connectivity index (χ2n) is 5.99. The molecule has 0 aromatic heterocycles. The van der Waals surface area contributed by atoms with Gasteiger partial charge in [0.15, 0.2) is 0 Å². The molecule has 0 saturated carbocycles. The topological polar surface area (TPSA) is 92.6 Å². The molecule has 9 heteroatoms. The molecular formula is C17H13BrFN3O4. The van der Waals surface area contributed by atoms with Gasteiger partial charge in [0.2, 0.25) is 0 Å². The zero-order chi connectivity index (χ0) is 19.1. The molecule has 3 amide bonds. The van der Waals surface area contributed by atoms with Gasteiger partial charge in [0.1, 0.15) is 11.4 Å². The van der Waals surface area contributed by atoms with E-state index in [2.05, 4.69) is 21.2 Å². The van der Waals surface area contributed by atoms with Gasteiger partial charge in [-0.25, -0.2) is 9.18 Å². The van der Waals surface area contributed by atoms with Gasteiger partial charge in [-0.15, -0.1) is 0 Å². The van der Waals surface area contributed by atoms with E-state index in [1.54, 1.807) is 0 Å². The first-order valence-corrected chi connectivity index (χ1v) is 8.34. The molecule has 0 radical (unpaired) electrons. The van der Waals surface area contributed by atoms with E-state index in [4.69, 9.17) is 0 Å². The van der Waals surface area contributed by atoms with Crippen molar-refractivity contribution in [2.24, 2.45) is 0 Å². The van der Waals surface area contributed by atoms with Crippen LogP contribution in [0, 0.1) is 15.9 Å². The van der Waals surface area contributed by atoms with E-state index in [0.29, 0.717) is 10.0 Å². The maximum absolute atomic E-state index is 14.0. The van der Waals surface area contributed by atoms with Crippen molar-refractivity contribution in [3.8, 4) is 0 Å². The van der Waals surface area contributed by atoms with Crippen LogP contribution in [0.2, 0.25) is 0 Å². The molecular weight excluding hydrogens is 409 g/mol. The molecule has 1 aliphatic rings. The van der Waals surface area contributed by atoms with Crippen LogP contribution in [0.1, 0.15) is 18.1 Å². The second kappa shape index (κ2) is 6.49. The number of imide groups is 1. The van der Waals surface area contributed by atoms with Crippen LogP contribution in [0.5, 0.6) is 0 Å². The largest absolute Gasteiger partial charge is 0.325 e. The third kappa shape index (κ3) is 3.05. The standard InChI is InChI=1S/C17H13BrFN3O4/c1-17(11-2-5-13(6-3-11)22(25)26)15(23)21(16(24)20-17)9-10-8-12(18)4-7-14(10)19/h2-8H,9H2,1H3,(H,20,24). The summed E-state index contributed by atoms with van der Waals surface area (Å²) in [4.78, 5) is 36.3. The van der Waals surface area contributed by atoms with Gasteiger partial charge in [-0.05, 0) is 42.8 Å². The quantitative estimate of drug-likeness (QED) is 0.464. The van der Waals surface area contributed by atoms with Gasteiger partial charge >= 0.3 is 6.03 Å². The minimum Gasteiger partial charge on any atom is -0.319 e. The smallest absolute Gasteiger partial charge is 0.319 e. The summed E-state index contributed by atoms with van der Waals surface area (Å²) in [5, 5.41) is 13.3. The van der Waals surface area contributed by atoms with E-state index in [-0.39, 0.29) is 17.8 Å². The summed E-state index contributed by atoms with van der Waals surface area (Å²) in [5.41, 5.74) is -0.911. The number of carbonyl (C=O) groups excluding carboxylic acids is 2. The highest BCUT2D eigenvalue weighted by Crippen LogP contribution is 2.31. The van der Waals surface area contributed by atoms with Crippen LogP contribution >= 0.6 is 15.9 Å². The summed E-state index contributed by atoms with van der Waals surface area (Å²) in [6.45, 7) is 1.28. The summed E-state index contributed by atoms with van der Waals surface area (Å²) >= 11 is 3.23. The first kappa shape index (κ1) is 18.0. The van der Waals surface area contributed by atoms with Crippen LogP contribution in [0.4, 0.5) is 14.9 Å². The highest BCUT2D eigenvalue weighted by molar-refractivity contribution is 9.10. The number of hydrogen-bond acceptors (Lipinski definition) is 4. The molecule has 1 heterocycles. The second-order valence-corrected chi connectivity index (χ2v) is 6.90. The third-order valence-electron chi connectivity index (χ3n) is 4.27.